The van der Waals surface area contributed by atoms with Crippen LogP contribution in [0.1, 0.15) is 6.42 Å². The van der Waals surface area contributed by atoms with Crippen LogP contribution in [0.5, 0.6) is 17.4 Å². The molecule has 3 rings (SSSR count). The molecule has 0 aliphatic heterocycles. The molecular weight excluding hydrogens is 351 g/mol. The van der Waals surface area contributed by atoms with Gasteiger partial charge in [0.2, 0.25) is 11.1 Å². The molecule has 1 aromatic heterocycles. The lowest BCUT2D eigenvalue weighted by atomic mass is 10.3. The van der Waals surface area contributed by atoms with Gasteiger partial charge in [0.1, 0.15) is 11.5 Å². The summed E-state index contributed by atoms with van der Waals surface area (Å²) in [4.78, 5) is 19.3. The van der Waals surface area contributed by atoms with Crippen LogP contribution in [0.3, 0.4) is 0 Å². The van der Waals surface area contributed by atoms with E-state index < -0.39 is 5.24 Å². The molecule has 24 heavy (non-hydrogen) atoms. The fourth-order valence-electron chi connectivity index (χ4n) is 1.99. The molecule has 0 N–H and O–H groups in total. The van der Waals surface area contributed by atoms with Crippen molar-refractivity contribution in [2.45, 2.75) is 6.42 Å². The van der Waals surface area contributed by atoms with Crippen LogP contribution in [0.25, 0.3) is 11.0 Å². The molecule has 0 bridgehead atoms. The van der Waals surface area contributed by atoms with Gasteiger partial charge >= 0.3 is 0 Å². The van der Waals surface area contributed by atoms with Gasteiger partial charge in [0.05, 0.1) is 30.3 Å². The minimum atomic E-state index is -0.425. The van der Waals surface area contributed by atoms with Crippen molar-refractivity contribution < 1.29 is 14.3 Å². The average molecular weight is 363 g/mol. The number of benzene rings is 2. The first-order valence-electron chi connectivity index (χ1n) is 7.11. The van der Waals surface area contributed by atoms with Crippen LogP contribution >= 0.6 is 23.2 Å². The zero-order valence-electron chi connectivity index (χ0n) is 12.4. The van der Waals surface area contributed by atoms with E-state index in [1.54, 1.807) is 42.5 Å². The Morgan fingerprint density at radius 3 is 2.54 bits per heavy atom. The zero-order chi connectivity index (χ0) is 16.9. The molecule has 3 aromatic rings. The maximum absolute atomic E-state index is 10.6. The van der Waals surface area contributed by atoms with Crippen molar-refractivity contribution in [3.63, 3.8) is 0 Å². The first kappa shape index (κ1) is 16.5. The van der Waals surface area contributed by atoms with Gasteiger partial charge in [-0.2, -0.15) is 0 Å². The summed E-state index contributed by atoms with van der Waals surface area (Å²) >= 11 is 11.2. The molecule has 0 saturated heterocycles. The SMILES string of the molecule is O=C(Cl)CCOc1ccc(Oc2cnc3cc(Cl)ccc3n2)cc1. The maximum atomic E-state index is 10.6. The summed E-state index contributed by atoms with van der Waals surface area (Å²) in [5.41, 5.74) is 1.40. The number of hydrogen-bond donors (Lipinski definition) is 0. The Labute approximate surface area is 148 Å². The summed E-state index contributed by atoms with van der Waals surface area (Å²) < 4.78 is 11.1. The van der Waals surface area contributed by atoms with Gasteiger partial charge in [0.25, 0.3) is 0 Å². The molecule has 5 nitrogen and oxygen atoms in total. The number of fused-ring (bicyclic) bond motifs is 1. The molecular formula is C17H12Cl2N2O3. The number of nitrogens with zero attached hydrogens (tertiary/aromatic N) is 2. The molecule has 122 valence electrons. The molecule has 1 heterocycles. The van der Waals surface area contributed by atoms with Crippen LogP contribution in [0.2, 0.25) is 5.02 Å². The number of rotatable bonds is 6. The van der Waals surface area contributed by atoms with Crippen molar-refractivity contribution in [2.75, 3.05) is 6.61 Å². The highest BCUT2D eigenvalue weighted by molar-refractivity contribution is 6.63. The quantitative estimate of drug-likeness (QED) is 0.599. The summed E-state index contributed by atoms with van der Waals surface area (Å²) in [5, 5.41) is 0.183. The first-order chi connectivity index (χ1) is 11.6. The summed E-state index contributed by atoms with van der Waals surface area (Å²) in [6.45, 7) is 0.237. The molecule has 0 aliphatic carbocycles. The number of halogens is 2. The summed E-state index contributed by atoms with van der Waals surface area (Å²) in [5.74, 6) is 1.60. The third kappa shape index (κ3) is 4.34. The standard InChI is InChI=1S/C17H12Cl2N2O3/c18-11-1-6-14-15(9-11)20-10-17(21-14)24-13-4-2-12(3-5-13)23-8-7-16(19)22/h1-6,9-10H,7-8H2. The van der Waals surface area contributed by atoms with E-state index >= 15 is 0 Å². The molecule has 0 saturated carbocycles. The molecule has 0 radical (unpaired) electrons. The zero-order valence-corrected chi connectivity index (χ0v) is 13.9. The number of aromatic nitrogens is 2. The van der Waals surface area contributed by atoms with Gasteiger partial charge in [0.15, 0.2) is 0 Å². The fourth-order valence-corrected chi connectivity index (χ4v) is 2.23. The number of carbonyl (C=O) groups excluding carboxylic acids is 1. The van der Waals surface area contributed by atoms with Crippen molar-refractivity contribution in [1.29, 1.82) is 0 Å². The van der Waals surface area contributed by atoms with Crippen LogP contribution in [-0.2, 0) is 4.79 Å². The van der Waals surface area contributed by atoms with Crippen LogP contribution in [0.4, 0.5) is 0 Å². The molecule has 0 amide bonds. The molecule has 0 fully saturated rings. The number of carbonyl (C=O) groups is 1. The lowest BCUT2D eigenvalue weighted by molar-refractivity contribution is -0.112. The van der Waals surface area contributed by atoms with Crippen molar-refractivity contribution in [1.82, 2.24) is 9.97 Å². The van der Waals surface area contributed by atoms with Gasteiger partial charge in [-0.3, -0.25) is 4.79 Å². The van der Waals surface area contributed by atoms with Crippen LogP contribution < -0.4 is 9.47 Å². The summed E-state index contributed by atoms with van der Waals surface area (Å²) in [7, 11) is 0. The van der Waals surface area contributed by atoms with Crippen molar-refractivity contribution in [3.05, 3.63) is 53.7 Å². The second-order valence-corrected chi connectivity index (χ2v) is 5.73. The van der Waals surface area contributed by atoms with E-state index in [4.69, 9.17) is 32.7 Å². The van der Waals surface area contributed by atoms with Crippen molar-refractivity contribution in [2.24, 2.45) is 0 Å². The minimum Gasteiger partial charge on any atom is -0.493 e. The van der Waals surface area contributed by atoms with Gasteiger partial charge in [0, 0.05) is 5.02 Å². The molecule has 0 unspecified atom stereocenters. The Hall–Kier alpha value is -2.37. The van der Waals surface area contributed by atoms with Gasteiger partial charge < -0.3 is 9.47 Å². The Kier molecular flexibility index (Phi) is 5.13. The summed E-state index contributed by atoms with van der Waals surface area (Å²) in [6, 6.07) is 12.2. The Morgan fingerprint density at radius 2 is 1.79 bits per heavy atom. The highest BCUT2D eigenvalue weighted by Gasteiger charge is 2.04. The first-order valence-corrected chi connectivity index (χ1v) is 7.87. The van der Waals surface area contributed by atoms with Gasteiger partial charge in [-0.05, 0) is 54.1 Å². The van der Waals surface area contributed by atoms with E-state index in [1.165, 1.54) is 6.20 Å². The number of hydrogen-bond acceptors (Lipinski definition) is 5. The van der Waals surface area contributed by atoms with Gasteiger partial charge in [-0.15, -0.1) is 0 Å². The lowest BCUT2D eigenvalue weighted by Gasteiger charge is -2.07. The average Bonchev–Trinajstić information content (AvgIpc) is 2.56. The van der Waals surface area contributed by atoms with E-state index in [-0.39, 0.29) is 13.0 Å². The Morgan fingerprint density at radius 1 is 1.04 bits per heavy atom. The monoisotopic (exact) mass is 362 g/mol. The molecule has 2 aromatic carbocycles. The van der Waals surface area contributed by atoms with Gasteiger partial charge in [-0.25, -0.2) is 9.97 Å². The van der Waals surface area contributed by atoms with E-state index in [2.05, 4.69) is 9.97 Å². The van der Waals surface area contributed by atoms with E-state index in [9.17, 15) is 4.79 Å². The number of ether oxygens (including phenoxy) is 2. The molecule has 0 spiro atoms. The largest absolute Gasteiger partial charge is 0.493 e. The molecule has 7 heteroatoms. The predicted octanol–water partition coefficient (Wildman–Crippen LogP) is 4.61. The predicted molar refractivity (Wildman–Crippen MR) is 92.0 cm³/mol. The Balaban J connectivity index is 1.67. The normalized spacial score (nSPS) is 10.6. The van der Waals surface area contributed by atoms with Crippen molar-refractivity contribution >= 4 is 39.5 Å². The topological polar surface area (TPSA) is 61.3 Å². The third-order valence-electron chi connectivity index (χ3n) is 3.10. The fraction of sp³-hybridized carbons (Fsp3) is 0.118. The van der Waals surface area contributed by atoms with Crippen LogP contribution in [0, 0.1) is 0 Å². The summed E-state index contributed by atoms with van der Waals surface area (Å²) in [6.07, 6.45) is 1.70. The Bertz CT molecular complexity index is 869. The highest BCUT2D eigenvalue weighted by atomic mass is 35.5. The molecule has 0 aliphatic rings. The smallest absolute Gasteiger partial charge is 0.238 e. The lowest BCUT2D eigenvalue weighted by Crippen LogP contribution is -2.01. The van der Waals surface area contributed by atoms with E-state index in [1.807, 2.05) is 0 Å². The van der Waals surface area contributed by atoms with Gasteiger partial charge in [-0.1, -0.05) is 11.6 Å². The van der Waals surface area contributed by atoms with Crippen LogP contribution in [-0.4, -0.2) is 21.8 Å². The second kappa shape index (κ2) is 7.47. The second-order valence-electron chi connectivity index (χ2n) is 4.87. The minimum absolute atomic E-state index is 0.163. The van der Waals surface area contributed by atoms with Crippen LogP contribution in [0.15, 0.2) is 48.7 Å². The van der Waals surface area contributed by atoms with E-state index in [0.717, 1.165) is 0 Å². The molecule has 0 atom stereocenters. The highest BCUT2D eigenvalue weighted by Crippen LogP contribution is 2.24. The van der Waals surface area contributed by atoms with Crippen molar-refractivity contribution in [3.8, 4) is 17.4 Å². The maximum Gasteiger partial charge on any atom is 0.238 e. The van der Waals surface area contributed by atoms with E-state index in [0.29, 0.717) is 33.4 Å². The third-order valence-corrected chi connectivity index (χ3v) is 3.52.